The standard InChI is InChI=1S/C16H22O10S/c1-7(17)23-6-12-15(25-9(3)19)16(26-10(4)20)14(24-8(2)18)11(27-12)5-13(21)22/h11-12,14-16H,5-6H2,1-4H3,(H,21,22)/t11-,12-,14-,15-,16-/m1/s1. The molecule has 0 aliphatic carbocycles. The molecule has 10 nitrogen and oxygen atoms in total. The van der Waals surface area contributed by atoms with Crippen molar-refractivity contribution in [2.24, 2.45) is 0 Å². The van der Waals surface area contributed by atoms with E-state index in [1.54, 1.807) is 0 Å². The van der Waals surface area contributed by atoms with Gasteiger partial charge >= 0.3 is 29.8 Å². The summed E-state index contributed by atoms with van der Waals surface area (Å²) in [6.07, 6.45) is -3.93. The molecule has 1 aliphatic rings. The lowest BCUT2D eigenvalue weighted by atomic mass is 9.98. The van der Waals surface area contributed by atoms with Gasteiger partial charge in [-0.1, -0.05) is 0 Å². The average molecular weight is 406 g/mol. The SMILES string of the molecule is CC(=O)OC[C@H]1S[C@H](CC(=O)O)[C@@H](OC(C)=O)[C@@H](OC(C)=O)[C@@H]1OC(C)=O. The Morgan fingerprint density at radius 3 is 1.59 bits per heavy atom. The Hall–Kier alpha value is -2.30. The van der Waals surface area contributed by atoms with Crippen LogP contribution in [0.1, 0.15) is 34.1 Å². The Kier molecular flexibility index (Phi) is 8.54. The normalized spacial score (nSPS) is 27.2. The number of thioether (sulfide) groups is 1. The molecule has 1 N–H and O–H groups in total. The molecular weight excluding hydrogens is 384 g/mol. The van der Waals surface area contributed by atoms with Crippen molar-refractivity contribution in [3.05, 3.63) is 0 Å². The molecule has 0 unspecified atom stereocenters. The summed E-state index contributed by atoms with van der Waals surface area (Å²) < 4.78 is 20.6. The van der Waals surface area contributed by atoms with Crippen molar-refractivity contribution in [2.75, 3.05) is 6.61 Å². The van der Waals surface area contributed by atoms with Gasteiger partial charge < -0.3 is 24.1 Å². The number of aliphatic carboxylic acids is 1. The van der Waals surface area contributed by atoms with Gasteiger partial charge in [0, 0.05) is 27.7 Å². The summed E-state index contributed by atoms with van der Waals surface area (Å²) in [6, 6.07) is 0. The second kappa shape index (κ2) is 10.1. The van der Waals surface area contributed by atoms with E-state index in [9.17, 15) is 24.0 Å². The fraction of sp³-hybridized carbons (Fsp3) is 0.688. The van der Waals surface area contributed by atoms with Crippen LogP contribution in [0.15, 0.2) is 0 Å². The second-order valence-electron chi connectivity index (χ2n) is 5.84. The number of hydrogen-bond acceptors (Lipinski definition) is 10. The molecule has 0 aromatic rings. The molecule has 27 heavy (non-hydrogen) atoms. The molecule has 0 amide bonds. The molecule has 0 radical (unpaired) electrons. The highest BCUT2D eigenvalue weighted by Gasteiger charge is 2.51. The van der Waals surface area contributed by atoms with Crippen molar-refractivity contribution in [3.63, 3.8) is 0 Å². The molecule has 11 heteroatoms. The number of ether oxygens (including phenoxy) is 4. The van der Waals surface area contributed by atoms with Crippen LogP contribution in [0.5, 0.6) is 0 Å². The predicted molar refractivity (Wildman–Crippen MR) is 90.7 cm³/mol. The first-order valence-electron chi connectivity index (χ1n) is 8.03. The van der Waals surface area contributed by atoms with Crippen LogP contribution in [0.3, 0.4) is 0 Å². The highest BCUT2D eigenvalue weighted by atomic mass is 32.2. The lowest BCUT2D eigenvalue weighted by Gasteiger charge is -2.43. The molecule has 5 atom stereocenters. The molecular formula is C16H22O10S. The number of carboxylic acid groups (broad SMARTS) is 1. The quantitative estimate of drug-likeness (QED) is 0.461. The van der Waals surface area contributed by atoms with E-state index in [1.165, 1.54) is 6.92 Å². The number of carboxylic acids is 1. The van der Waals surface area contributed by atoms with Gasteiger partial charge in [-0.25, -0.2) is 0 Å². The molecule has 0 aromatic carbocycles. The summed E-state index contributed by atoms with van der Waals surface area (Å²) in [7, 11) is 0. The molecule has 1 heterocycles. The third kappa shape index (κ3) is 7.45. The van der Waals surface area contributed by atoms with Gasteiger partial charge in [0.25, 0.3) is 0 Å². The van der Waals surface area contributed by atoms with Gasteiger partial charge in [0.05, 0.1) is 16.9 Å². The Morgan fingerprint density at radius 2 is 1.19 bits per heavy atom. The number of carbonyl (C=O) groups excluding carboxylic acids is 4. The van der Waals surface area contributed by atoms with Crippen molar-refractivity contribution in [1.82, 2.24) is 0 Å². The molecule has 0 spiro atoms. The van der Waals surface area contributed by atoms with Crippen molar-refractivity contribution in [3.8, 4) is 0 Å². The van der Waals surface area contributed by atoms with E-state index < -0.39 is 65.1 Å². The van der Waals surface area contributed by atoms with E-state index in [0.29, 0.717) is 0 Å². The van der Waals surface area contributed by atoms with E-state index >= 15 is 0 Å². The Labute approximate surface area is 159 Å². The van der Waals surface area contributed by atoms with Crippen LogP contribution in [0.25, 0.3) is 0 Å². The van der Waals surface area contributed by atoms with Crippen molar-refractivity contribution in [1.29, 1.82) is 0 Å². The number of esters is 4. The van der Waals surface area contributed by atoms with E-state index in [1.807, 2.05) is 0 Å². The highest BCUT2D eigenvalue weighted by molar-refractivity contribution is 8.00. The zero-order valence-electron chi connectivity index (χ0n) is 15.3. The van der Waals surface area contributed by atoms with E-state index in [2.05, 4.69) is 0 Å². The van der Waals surface area contributed by atoms with Crippen LogP contribution < -0.4 is 0 Å². The summed E-state index contributed by atoms with van der Waals surface area (Å²) >= 11 is 1.03. The maximum atomic E-state index is 11.6. The molecule has 0 aromatic heterocycles. The molecule has 1 aliphatic heterocycles. The first kappa shape index (κ1) is 22.7. The van der Waals surface area contributed by atoms with Gasteiger partial charge in [-0.15, -0.1) is 11.8 Å². The molecule has 1 fully saturated rings. The second-order valence-corrected chi connectivity index (χ2v) is 7.32. The Morgan fingerprint density at radius 1 is 0.741 bits per heavy atom. The van der Waals surface area contributed by atoms with E-state index in [4.69, 9.17) is 24.1 Å². The van der Waals surface area contributed by atoms with Crippen LogP contribution >= 0.6 is 11.8 Å². The third-order valence-corrected chi connectivity index (χ3v) is 5.00. The largest absolute Gasteiger partial charge is 0.481 e. The molecule has 1 saturated heterocycles. The molecule has 1 rings (SSSR count). The minimum absolute atomic E-state index is 0.210. The van der Waals surface area contributed by atoms with E-state index in [-0.39, 0.29) is 6.61 Å². The summed E-state index contributed by atoms with van der Waals surface area (Å²) in [5, 5.41) is 7.63. The van der Waals surface area contributed by atoms with Gasteiger partial charge in [-0.2, -0.15) is 0 Å². The van der Waals surface area contributed by atoms with Gasteiger partial charge in [-0.3, -0.25) is 24.0 Å². The molecule has 0 bridgehead atoms. The predicted octanol–water partition coefficient (Wildman–Crippen LogP) is 0.303. The van der Waals surface area contributed by atoms with Crippen LogP contribution in [-0.2, 0) is 42.9 Å². The van der Waals surface area contributed by atoms with Crippen LogP contribution in [0.2, 0.25) is 0 Å². The van der Waals surface area contributed by atoms with Crippen molar-refractivity contribution >= 4 is 41.6 Å². The van der Waals surface area contributed by atoms with Crippen LogP contribution in [0, 0.1) is 0 Å². The van der Waals surface area contributed by atoms with Crippen LogP contribution in [0.4, 0.5) is 0 Å². The van der Waals surface area contributed by atoms with Crippen LogP contribution in [-0.4, -0.2) is 70.4 Å². The summed E-state index contributed by atoms with van der Waals surface area (Å²) in [4.78, 5) is 57.0. The minimum Gasteiger partial charge on any atom is -0.481 e. The first-order chi connectivity index (χ1) is 12.5. The van der Waals surface area contributed by atoms with Gasteiger partial charge in [0.2, 0.25) is 0 Å². The summed E-state index contributed by atoms with van der Waals surface area (Å²) in [5.74, 6) is -3.89. The summed E-state index contributed by atoms with van der Waals surface area (Å²) in [5.41, 5.74) is 0. The van der Waals surface area contributed by atoms with Gasteiger partial charge in [0.1, 0.15) is 6.61 Å². The number of rotatable bonds is 7. The van der Waals surface area contributed by atoms with Gasteiger partial charge in [0.15, 0.2) is 18.3 Å². The Bertz CT molecular complexity index is 604. The molecule has 152 valence electrons. The number of hydrogen-bond donors (Lipinski definition) is 1. The first-order valence-corrected chi connectivity index (χ1v) is 8.97. The third-order valence-electron chi connectivity index (χ3n) is 3.46. The highest BCUT2D eigenvalue weighted by Crippen LogP contribution is 2.39. The van der Waals surface area contributed by atoms with Crippen molar-refractivity contribution < 1.29 is 48.0 Å². The van der Waals surface area contributed by atoms with E-state index in [0.717, 1.165) is 32.5 Å². The smallest absolute Gasteiger partial charge is 0.304 e. The minimum atomic E-state index is -1.25. The lowest BCUT2D eigenvalue weighted by molar-refractivity contribution is -0.186. The zero-order chi connectivity index (χ0) is 20.7. The summed E-state index contributed by atoms with van der Waals surface area (Å²) in [6.45, 7) is 4.36. The Balaban J connectivity index is 3.29. The maximum Gasteiger partial charge on any atom is 0.304 e. The number of carbonyl (C=O) groups is 5. The fourth-order valence-corrected chi connectivity index (χ4v) is 4.22. The monoisotopic (exact) mass is 406 g/mol. The lowest BCUT2D eigenvalue weighted by Crippen LogP contribution is -2.58. The fourth-order valence-electron chi connectivity index (χ4n) is 2.65. The van der Waals surface area contributed by atoms with Crippen molar-refractivity contribution in [2.45, 2.75) is 62.9 Å². The molecule has 0 saturated carbocycles. The van der Waals surface area contributed by atoms with Gasteiger partial charge in [-0.05, 0) is 0 Å². The average Bonchev–Trinajstić information content (AvgIpc) is 2.49. The topological polar surface area (TPSA) is 143 Å². The maximum absolute atomic E-state index is 11.6. The zero-order valence-corrected chi connectivity index (χ0v) is 16.1.